The Kier molecular flexibility index (Phi) is 4.51. The molecule has 0 radical (unpaired) electrons. The zero-order chi connectivity index (χ0) is 11.5. The van der Waals surface area contributed by atoms with Gasteiger partial charge in [0, 0.05) is 31.9 Å². The monoisotopic (exact) mass is 236 g/mol. The predicted octanol–water partition coefficient (Wildman–Crippen LogP) is -0.921. The van der Waals surface area contributed by atoms with Gasteiger partial charge in [-0.1, -0.05) is 0 Å². The first-order valence-corrected chi connectivity index (χ1v) is 7.22. The lowest BCUT2D eigenvalue weighted by molar-refractivity contribution is -0.0510. The summed E-state index contributed by atoms with van der Waals surface area (Å²) < 4.78 is 27.6. The number of hydrogen-bond donors (Lipinski definition) is 1. The summed E-state index contributed by atoms with van der Waals surface area (Å²) in [6.45, 7) is 4.45. The second-order valence-electron chi connectivity index (χ2n) is 4.16. The molecule has 1 saturated heterocycles. The third kappa shape index (κ3) is 4.46. The summed E-state index contributed by atoms with van der Waals surface area (Å²) in [6.07, 6.45) is 1.30. The molecule has 0 aliphatic carbocycles. The predicted molar refractivity (Wildman–Crippen MR) is 59.5 cm³/mol. The Hall–Kier alpha value is -0.170. The second-order valence-corrected chi connectivity index (χ2v) is 6.42. The van der Waals surface area contributed by atoms with Crippen LogP contribution in [0.5, 0.6) is 0 Å². The van der Waals surface area contributed by atoms with Gasteiger partial charge in [-0.05, 0) is 6.92 Å². The van der Waals surface area contributed by atoms with Crippen LogP contribution >= 0.6 is 0 Å². The fraction of sp³-hybridized carbons (Fsp3) is 1.00. The maximum absolute atomic E-state index is 11.0. The van der Waals surface area contributed by atoms with E-state index in [9.17, 15) is 8.42 Å². The first-order chi connectivity index (χ1) is 6.92. The average Bonchev–Trinajstić information content (AvgIpc) is 2.15. The highest BCUT2D eigenvalue weighted by Gasteiger charge is 2.25. The lowest BCUT2D eigenvalue weighted by Crippen LogP contribution is -2.51. The van der Waals surface area contributed by atoms with Gasteiger partial charge >= 0.3 is 0 Å². The number of hydrogen-bond acceptors (Lipinski definition) is 5. The maximum Gasteiger partial charge on any atom is 0.148 e. The summed E-state index contributed by atoms with van der Waals surface area (Å²) >= 11 is 0. The SMILES string of the molecule is CC1COC(CN)CN1CCS(C)(=O)=O. The molecular formula is C9H20N2O3S. The van der Waals surface area contributed by atoms with Crippen LogP contribution in [0.1, 0.15) is 6.92 Å². The fourth-order valence-electron chi connectivity index (χ4n) is 1.61. The minimum Gasteiger partial charge on any atom is -0.374 e. The van der Waals surface area contributed by atoms with E-state index >= 15 is 0 Å². The number of sulfone groups is 1. The molecule has 5 nitrogen and oxygen atoms in total. The number of morpholine rings is 1. The Morgan fingerprint density at radius 2 is 2.20 bits per heavy atom. The van der Waals surface area contributed by atoms with Gasteiger partial charge in [-0.15, -0.1) is 0 Å². The van der Waals surface area contributed by atoms with Crippen molar-refractivity contribution in [2.24, 2.45) is 5.73 Å². The quantitative estimate of drug-likeness (QED) is 0.683. The van der Waals surface area contributed by atoms with Crippen LogP contribution in [0.25, 0.3) is 0 Å². The van der Waals surface area contributed by atoms with Crippen molar-refractivity contribution in [2.75, 3.05) is 38.2 Å². The van der Waals surface area contributed by atoms with Crippen LogP contribution in [0.15, 0.2) is 0 Å². The normalized spacial score (nSPS) is 29.3. The van der Waals surface area contributed by atoms with Crippen molar-refractivity contribution in [2.45, 2.75) is 19.1 Å². The summed E-state index contributed by atoms with van der Waals surface area (Å²) in [5, 5.41) is 0. The Morgan fingerprint density at radius 3 is 2.73 bits per heavy atom. The third-order valence-electron chi connectivity index (χ3n) is 2.65. The Labute approximate surface area is 91.5 Å². The Morgan fingerprint density at radius 1 is 1.53 bits per heavy atom. The van der Waals surface area contributed by atoms with E-state index in [2.05, 4.69) is 4.90 Å². The molecule has 0 aromatic heterocycles. The molecule has 6 heteroatoms. The number of nitrogens with zero attached hydrogens (tertiary/aromatic N) is 1. The first-order valence-electron chi connectivity index (χ1n) is 5.16. The van der Waals surface area contributed by atoms with Gasteiger partial charge in [0.15, 0.2) is 0 Å². The Bertz CT molecular complexity index is 292. The molecule has 90 valence electrons. The van der Waals surface area contributed by atoms with Gasteiger partial charge in [0.05, 0.1) is 18.5 Å². The van der Waals surface area contributed by atoms with Gasteiger partial charge in [0.2, 0.25) is 0 Å². The van der Waals surface area contributed by atoms with Crippen molar-refractivity contribution in [1.29, 1.82) is 0 Å². The molecule has 2 atom stereocenters. The minimum atomic E-state index is -2.88. The number of rotatable bonds is 4. The molecule has 15 heavy (non-hydrogen) atoms. The number of ether oxygens (including phenoxy) is 1. The van der Waals surface area contributed by atoms with E-state index in [4.69, 9.17) is 10.5 Å². The third-order valence-corrected chi connectivity index (χ3v) is 3.57. The first kappa shape index (κ1) is 12.9. The molecule has 0 amide bonds. The van der Waals surface area contributed by atoms with Gasteiger partial charge in [-0.25, -0.2) is 8.42 Å². The average molecular weight is 236 g/mol. The van der Waals surface area contributed by atoms with Crippen LogP contribution in [-0.2, 0) is 14.6 Å². The molecule has 0 aromatic carbocycles. The molecule has 1 heterocycles. The zero-order valence-corrected chi connectivity index (χ0v) is 10.2. The summed E-state index contributed by atoms with van der Waals surface area (Å²) in [5.74, 6) is 0.203. The molecule has 0 aromatic rings. The minimum absolute atomic E-state index is 0.0424. The van der Waals surface area contributed by atoms with E-state index in [-0.39, 0.29) is 17.9 Å². The van der Waals surface area contributed by atoms with Crippen molar-refractivity contribution < 1.29 is 13.2 Å². The summed E-state index contributed by atoms with van der Waals surface area (Å²) in [4.78, 5) is 2.13. The summed E-state index contributed by atoms with van der Waals surface area (Å²) in [5.41, 5.74) is 5.52. The molecular weight excluding hydrogens is 216 g/mol. The maximum atomic E-state index is 11.0. The topological polar surface area (TPSA) is 72.6 Å². The summed E-state index contributed by atoms with van der Waals surface area (Å²) in [7, 11) is -2.88. The van der Waals surface area contributed by atoms with Crippen molar-refractivity contribution >= 4 is 9.84 Å². The van der Waals surface area contributed by atoms with Crippen molar-refractivity contribution in [3.63, 3.8) is 0 Å². The standard InChI is InChI=1S/C9H20N2O3S/c1-8-7-14-9(5-10)6-11(8)3-4-15(2,12)13/h8-9H,3-7,10H2,1-2H3. The smallest absolute Gasteiger partial charge is 0.148 e. The van der Waals surface area contributed by atoms with Crippen LogP contribution < -0.4 is 5.73 Å². The molecule has 1 aliphatic rings. The van der Waals surface area contributed by atoms with Gasteiger partial charge in [-0.2, -0.15) is 0 Å². The lowest BCUT2D eigenvalue weighted by atomic mass is 10.2. The van der Waals surface area contributed by atoms with E-state index in [1.807, 2.05) is 6.92 Å². The number of nitrogens with two attached hydrogens (primary N) is 1. The van der Waals surface area contributed by atoms with Crippen molar-refractivity contribution in [3.05, 3.63) is 0 Å². The highest BCUT2D eigenvalue weighted by molar-refractivity contribution is 7.90. The molecule has 1 rings (SSSR count). The van der Waals surface area contributed by atoms with Crippen LogP contribution in [0.2, 0.25) is 0 Å². The largest absolute Gasteiger partial charge is 0.374 e. The lowest BCUT2D eigenvalue weighted by Gasteiger charge is -2.37. The van der Waals surface area contributed by atoms with E-state index in [1.54, 1.807) is 0 Å². The van der Waals surface area contributed by atoms with Crippen molar-refractivity contribution in [1.82, 2.24) is 4.90 Å². The molecule has 2 unspecified atom stereocenters. The molecule has 1 aliphatic heterocycles. The molecule has 1 fully saturated rings. The highest BCUT2D eigenvalue weighted by atomic mass is 32.2. The van der Waals surface area contributed by atoms with Gasteiger partial charge < -0.3 is 10.5 Å². The molecule has 0 spiro atoms. The highest BCUT2D eigenvalue weighted by Crippen LogP contribution is 2.10. The molecule has 2 N–H and O–H groups in total. The van der Waals surface area contributed by atoms with Gasteiger partial charge in [0.1, 0.15) is 9.84 Å². The molecule has 0 bridgehead atoms. The molecule has 0 saturated carbocycles. The van der Waals surface area contributed by atoms with Crippen LogP contribution in [-0.4, -0.2) is 63.7 Å². The summed E-state index contributed by atoms with van der Waals surface area (Å²) in [6, 6.07) is 0.273. The van der Waals surface area contributed by atoms with Crippen LogP contribution in [0, 0.1) is 0 Å². The van der Waals surface area contributed by atoms with E-state index in [1.165, 1.54) is 6.26 Å². The van der Waals surface area contributed by atoms with E-state index in [0.29, 0.717) is 19.7 Å². The van der Waals surface area contributed by atoms with Crippen LogP contribution in [0.4, 0.5) is 0 Å². The zero-order valence-electron chi connectivity index (χ0n) is 9.35. The van der Waals surface area contributed by atoms with E-state index < -0.39 is 9.84 Å². The second kappa shape index (κ2) is 5.25. The van der Waals surface area contributed by atoms with Crippen molar-refractivity contribution in [3.8, 4) is 0 Å². The van der Waals surface area contributed by atoms with Crippen LogP contribution in [0.3, 0.4) is 0 Å². The Balaban J connectivity index is 2.44. The van der Waals surface area contributed by atoms with Gasteiger partial charge in [-0.3, -0.25) is 4.90 Å². The fourth-order valence-corrected chi connectivity index (χ4v) is 2.18. The van der Waals surface area contributed by atoms with E-state index in [0.717, 1.165) is 6.54 Å². The van der Waals surface area contributed by atoms with Gasteiger partial charge in [0.25, 0.3) is 0 Å².